The fourth-order valence-electron chi connectivity index (χ4n) is 6.44. The van der Waals surface area contributed by atoms with Crippen molar-refractivity contribution in [2.75, 3.05) is 0 Å². The van der Waals surface area contributed by atoms with Crippen LogP contribution < -0.4 is 10.8 Å². The molecule has 5 aliphatic rings. The minimum atomic E-state index is -0.813. The van der Waals surface area contributed by atoms with Gasteiger partial charge in [0.2, 0.25) is 0 Å². The maximum absolute atomic E-state index is 10.9. The summed E-state index contributed by atoms with van der Waals surface area (Å²) in [5.74, 6) is 2.01. The highest BCUT2D eigenvalue weighted by atomic mass is 16.3. The number of aliphatic hydroxyl groups is 1. The first-order valence-corrected chi connectivity index (χ1v) is 9.31. The molecule has 4 N–H and O–H groups in total. The minimum Gasteiger partial charge on any atom is -0.428 e. The SMILES string of the molecule is OB1NN=C([C@H]2C3CC4CC2C[C@](O)(C4)C3)c2c1cnc1[nH]ccc21. The molecule has 128 valence electrons. The van der Waals surface area contributed by atoms with Gasteiger partial charge in [0, 0.05) is 34.7 Å². The molecule has 2 aromatic heterocycles. The van der Waals surface area contributed by atoms with Gasteiger partial charge < -0.3 is 20.5 Å². The van der Waals surface area contributed by atoms with Crippen molar-refractivity contribution in [2.24, 2.45) is 28.8 Å². The quantitative estimate of drug-likeness (QED) is 0.578. The summed E-state index contributed by atoms with van der Waals surface area (Å²) in [6.45, 7) is 0. The van der Waals surface area contributed by atoms with Crippen molar-refractivity contribution in [1.29, 1.82) is 0 Å². The highest BCUT2D eigenvalue weighted by Gasteiger charge is 2.56. The van der Waals surface area contributed by atoms with E-state index in [1.807, 2.05) is 12.3 Å². The van der Waals surface area contributed by atoms with Crippen LogP contribution in [0.1, 0.15) is 37.7 Å². The molecule has 2 unspecified atom stereocenters. The van der Waals surface area contributed by atoms with Crippen LogP contribution in [0.4, 0.5) is 0 Å². The second-order valence-electron chi connectivity index (χ2n) is 8.58. The van der Waals surface area contributed by atoms with Gasteiger partial charge in [0.25, 0.3) is 0 Å². The zero-order valence-corrected chi connectivity index (χ0v) is 13.9. The summed E-state index contributed by atoms with van der Waals surface area (Å²) in [6, 6.07) is 2.03. The summed E-state index contributed by atoms with van der Waals surface area (Å²) in [7, 11) is -0.813. The van der Waals surface area contributed by atoms with Crippen LogP contribution in [0.2, 0.25) is 0 Å². The molecule has 0 aromatic carbocycles. The topological polar surface area (TPSA) is 93.5 Å². The van der Waals surface area contributed by atoms with Gasteiger partial charge in [-0.1, -0.05) is 0 Å². The van der Waals surface area contributed by atoms with Crippen molar-refractivity contribution in [3.05, 3.63) is 24.0 Å². The monoisotopic (exact) mass is 336 g/mol. The first-order valence-electron chi connectivity index (χ1n) is 9.31. The lowest BCUT2D eigenvalue weighted by molar-refractivity contribution is -0.137. The van der Waals surface area contributed by atoms with Crippen LogP contribution in [-0.2, 0) is 0 Å². The largest absolute Gasteiger partial charge is 0.465 e. The highest BCUT2D eigenvalue weighted by molar-refractivity contribution is 6.66. The number of hydrogen-bond acceptors (Lipinski definition) is 5. The molecule has 1 aliphatic heterocycles. The Hall–Kier alpha value is -1.86. The number of nitrogens with one attached hydrogen (secondary N) is 2. The van der Waals surface area contributed by atoms with Gasteiger partial charge in [-0.25, -0.2) is 4.98 Å². The zero-order chi connectivity index (χ0) is 16.8. The summed E-state index contributed by atoms with van der Waals surface area (Å²) < 4.78 is 0. The van der Waals surface area contributed by atoms with E-state index in [1.54, 1.807) is 6.20 Å². The summed E-state index contributed by atoms with van der Waals surface area (Å²) in [5, 5.41) is 29.8. The van der Waals surface area contributed by atoms with Crippen molar-refractivity contribution in [1.82, 2.24) is 15.3 Å². The molecule has 0 amide bonds. The van der Waals surface area contributed by atoms with Crippen LogP contribution in [0, 0.1) is 23.7 Å². The fourth-order valence-corrected chi connectivity index (χ4v) is 6.44. The maximum Gasteiger partial charge on any atom is 0.465 e. The maximum atomic E-state index is 10.9. The van der Waals surface area contributed by atoms with Crippen LogP contribution in [0.3, 0.4) is 0 Å². The molecule has 4 saturated carbocycles. The Labute approximate surface area is 145 Å². The summed E-state index contributed by atoms with van der Waals surface area (Å²) in [6.07, 6.45) is 8.81. The van der Waals surface area contributed by atoms with Crippen molar-refractivity contribution in [3.8, 4) is 0 Å². The van der Waals surface area contributed by atoms with Crippen molar-refractivity contribution in [3.63, 3.8) is 0 Å². The third-order valence-electron chi connectivity index (χ3n) is 7.03. The van der Waals surface area contributed by atoms with Gasteiger partial charge in [-0.2, -0.15) is 5.10 Å². The third-order valence-corrected chi connectivity index (χ3v) is 7.03. The van der Waals surface area contributed by atoms with Crippen molar-refractivity contribution in [2.45, 2.75) is 37.7 Å². The van der Waals surface area contributed by atoms with Gasteiger partial charge in [0.05, 0.1) is 11.3 Å². The number of H-pyrrole nitrogens is 1. The van der Waals surface area contributed by atoms with Gasteiger partial charge in [-0.15, -0.1) is 0 Å². The normalized spacial score (nSPS) is 38.6. The number of aromatic nitrogens is 2. The Morgan fingerprint density at radius 1 is 1.20 bits per heavy atom. The van der Waals surface area contributed by atoms with E-state index in [1.165, 1.54) is 12.8 Å². The van der Waals surface area contributed by atoms with Gasteiger partial charge in [0.15, 0.2) is 0 Å². The van der Waals surface area contributed by atoms with E-state index in [0.29, 0.717) is 23.7 Å². The molecule has 3 heterocycles. The van der Waals surface area contributed by atoms with Gasteiger partial charge in [-0.05, 0) is 55.9 Å². The molecular formula is C18H21BN4O2. The van der Waals surface area contributed by atoms with Crippen molar-refractivity contribution < 1.29 is 10.1 Å². The lowest BCUT2D eigenvalue weighted by Crippen LogP contribution is -2.59. The molecule has 7 heteroatoms. The van der Waals surface area contributed by atoms with E-state index < -0.39 is 12.7 Å². The van der Waals surface area contributed by atoms with Crippen LogP contribution in [-0.4, -0.2) is 38.5 Å². The van der Waals surface area contributed by atoms with Gasteiger partial charge >= 0.3 is 7.05 Å². The van der Waals surface area contributed by atoms with E-state index in [4.69, 9.17) is 0 Å². The Morgan fingerprint density at radius 3 is 2.76 bits per heavy atom. The van der Waals surface area contributed by atoms with Crippen LogP contribution in [0.25, 0.3) is 11.0 Å². The lowest BCUT2D eigenvalue weighted by atomic mass is 9.48. The van der Waals surface area contributed by atoms with Crippen LogP contribution in [0.5, 0.6) is 0 Å². The Morgan fingerprint density at radius 2 is 2.00 bits per heavy atom. The van der Waals surface area contributed by atoms with E-state index in [0.717, 1.165) is 47.0 Å². The second-order valence-corrected chi connectivity index (χ2v) is 8.58. The minimum absolute atomic E-state index is 0.357. The number of aromatic amines is 1. The standard InChI is InChI=1S/C18H21BN4O2/c24-18-5-9-3-10(6-18)14(11(4-9)7-18)16-15-12-1-2-20-17(12)21-8-13(15)19(25)23-22-16/h1-2,8-11,14,23-25H,3-7H2,(H,20,21)/t9?,10?,11?,14-,18-. The Balaban J connectivity index is 1.51. The zero-order valence-electron chi connectivity index (χ0n) is 13.9. The molecule has 4 bridgehead atoms. The molecule has 2 aromatic rings. The summed E-state index contributed by atoms with van der Waals surface area (Å²) in [5.41, 5.74) is 3.30. The first-order chi connectivity index (χ1) is 12.1. The lowest BCUT2D eigenvalue weighted by Gasteiger charge is -2.58. The van der Waals surface area contributed by atoms with E-state index in [-0.39, 0.29) is 0 Å². The molecule has 0 saturated heterocycles. The molecule has 2 atom stereocenters. The number of fused-ring (bicyclic) bond motifs is 3. The number of hydrazone groups is 1. The number of nitrogens with zero attached hydrogens (tertiary/aromatic N) is 2. The Bertz CT molecular complexity index is 894. The van der Waals surface area contributed by atoms with Gasteiger partial charge in [-0.3, -0.25) is 0 Å². The molecule has 4 aliphatic carbocycles. The smallest absolute Gasteiger partial charge is 0.428 e. The molecule has 4 fully saturated rings. The predicted molar refractivity (Wildman–Crippen MR) is 95.4 cm³/mol. The van der Waals surface area contributed by atoms with Crippen molar-refractivity contribution >= 4 is 29.3 Å². The highest BCUT2D eigenvalue weighted by Crippen LogP contribution is 2.59. The Kier molecular flexibility index (Phi) is 2.67. The van der Waals surface area contributed by atoms with Crippen LogP contribution >= 0.6 is 0 Å². The first kappa shape index (κ1) is 14.3. The molecule has 25 heavy (non-hydrogen) atoms. The fraction of sp³-hybridized carbons (Fsp3) is 0.556. The summed E-state index contributed by atoms with van der Waals surface area (Å²) >= 11 is 0. The predicted octanol–water partition coefficient (Wildman–Crippen LogP) is 0.745. The van der Waals surface area contributed by atoms with Crippen LogP contribution in [0.15, 0.2) is 23.6 Å². The molecule has 7 rings (SSSR count). The van der Waals surface area contributed by atoms with E-state index in [2.05, 4.69) is 20.4 Å². The molecule has 6 nitrogen and oxygen atoms in total. The third kappa shape index (κ3) is 1.88. The van der Waals surface area contributed by atoms with E-state index in [9.17, 15) is 10.1 Å². The number of rotatable bonds is 1. The number of hydrogen-bond donors (Lipinski definition) is 4. The van der Waals surface area contributed by atoms with Gasteiger partial charge in [0.1, 0.15) is 5.65 Å². The molecule has 0 radical (unpaired) electrons. The average molecular weight is 336 g/mol. The average Bonchev–Trinajstić information content (AvgIpc) is 3.03. The molecule has 0 spiro atoms. The molecular weight excluding hydrogens is 315 g/mol. The second kappa shape index (κ2) is 4.65. The summed E-state index contributed by atoms with van der Waals surface area (Å²) in [4.78, 5) is 7.61. The number of pyridine rings is 1. The van der Waals surface area contributed by atoms with E-state index >= 15 is 0 Å².